The summed E-state index contributed by atoms with van der Waals surface area (Å²) >= 11 is 0. The van der Waals surface area contributed by atoms with E-state index in [2.05, 4.69) is 67.5 Å². The summed E-state index contributed by atoms with van der Waals surface area (Å²) in [5.74, 6) is 1.24. The van der Waals surface area contributed by atoms with Gasteiger partial charge in [0, 0.05) is 55.3 Å². The van der Waals surface area contributed by atoms with Crippen molar-refractivity contribution >= 4 is 17.6 Å². The van der Waals surface area contributed by atoms with Crippen LogP contribution in [0.1, 0.15) is 99.7 Å². The highest BCUT2D eigenvalue weighted by Crippen LogP contribution is 2.39. The van der Waals surface area contributed by atoms with Gasteiger partial charge >= 0.3 is 0 Å². The van der Waals surface area contributed by atoms with E-state index in [1.807, 2.05) is 6.07 Å². The first-order chi connectivity index (χ1) is 21.1. The van der Waals surface area contributed by atoms with Gasteiger partial charge in [0.2, 0.25) is 5.56 Å². The first-order valence-corrected chi connectivity index (χ1v) is 16.4. The van der Waals surface area contributed by atoms with Crippen molar-refractivity contribution in [1.29, 1.82) is 0 Å². The zero-order valence-corrected chi connectivity index (χ0v) is 26.4. The summed E-state index contributed by atoms with van der Waals surface area (Å²) in [6.45, 7) is 7.76. The maximum Gasteiger partial charge on any atom is 0.247 e. The first kappa shape index (κ1) is 30.4. The number of carbonyl (C=O) groups is 2. The van der Waals surface area contributed by atoms with Crippen molar-refractivity contribution in [2.75, 3.05) is 6.54 Å². The molecule has 6 heteroatoms. The van der Waals surface area contributed by atoms with Crippen LogP contribution >= 0.6 is 0 Å². The minimum atomic E-state index is -0.121. The van der Waals surface area contributed by atoms with Gasteiger partial charge in [-0.3, -0.25) is 19.4 Å². The highest BCUT2D eigenvalue weighted by molar-refractivity contribution is 6.02. The Morgan fingerprint density at radius 1 is 1.00 bits per heavy atom. The van der Waals surface area contributed by atoms with Crippen molar-refractivity contribution < 1.29 is 9.59 Å². The van der Waals surface area contributed by atoms with Crippen LogP contribution in [0.3, 0.4) is 0 Å². The average Bonchev–Trinajstić information content (AvgIpc) is 3.42. The van der Waals surface area contributed by atoms with Gasteiger partial charge in [0.15, 0.2) is 5.78 Å². The number of aromatic amines is 1. The van der Waals surface area contributed by atoms with Gasteiger partial charge in [0.1, 0.15) is 5.78 Å². The van der Waals surface area contributed by atoms with E-state index in [0.29, 0.717) is 37.4 Å². The molecule has 3 atom stereocenters. The number of aromatic nitrogens is 2. The number of pyridine rings is 2. The number of ketones is 2. The number of nitrogens with one attached hydrogen (secondary N) is 2. The molecule has 1 unspecified atom stereocenters. The Bertz CT molecular complexity index is 1610. The summed E-state index contributed by atoms with van der Waals surface area (Å²) in [5.41, 5.74) is 8.86. The molecule has 0 aliphatic heterocycles. The second-order valence-corrected chi connectivity index (χ2v) is 14.2. The van der Waals surface area contributed by atoms with Gasteiger partial charge in [0.05, 0.1) is 5.69 Å². The summed E-state index contributed by atoms with van der Waals surface area (Å²) in [6.07, 6.45) is 12.2. The molecule has 0 saturated heterocycles. The number of Topliss-reactive ketones (excluding diaryl/α,β-unsaturated/α-hetero) is 2. The molecule has 0 bridgehead atoms. The van der Waals surface area contributed by atoms with Crippen molar-refractivity contribution in [2.45, 2.75) is 96.9 Å². The number of fused-ring (bicyclic) bond motifs is 2. The fourth-order valence-corrected chi connectivity index (χ4v) is 7.27. The molecule has 6 rings (SSSR count). The van der Waals surface area contributed by atoms with Crippen molar-refractivity contribution in [3.63, 3.8) is 0 Å². The van der Waals surface area contributed by atoms with E-state index in [4.69, 9.17) is 4.98 Å². The largest absolute Gasteiger partial charge is 0.328 e. The summed E-state index contributed by atoms with van der Waals surface area (Å²) in [7, 11) is 0. The van der Waals surface area contributed by atoms with Crippen molar-refractivity contribution in [1.82, 2.24) is 15.3 Å². The molecule has 3 aliphatic carbocycles. The molecule has 0 spiro atoms. The van der Waals surface area contributed by atoms with Gasteiger partial charge in [-0.1, -0.05) is 45.0 Å². The highest BCUT2D eigenvalue weighted by Gasteiger charge is 2.31. The molecule has 2 aromatic heterocycles. The number of carbonyl (C=O) groups excluding carboxylic acids is 2. The van der Waals surface area contributed by atoms with Crippen molar-refractivity contribution in [3.05, 3.63) is 92.7 Å². The predicted octanol–water partition coefficient (Wildman–Crippen LogP) is 6.76. The topological polar surface area (TPSA) is 91.9 Å². The number of aryl methyl sites for hydroxylation is 1. The van der Waals surface area contributed by atoms with Gasteiger partial charge < -0.3 is 10.3 Å². The zero-order valence-electron chi connectivity index (χ0n) is 26.4. The lowest BCUT2D eigenvalue weighted by Gasteiger charge is -2.34. The van der Waals surface area contributed by atoms with Crippen LogP contribution in [0.4, 0.5) is 0 Å². The highest BCUT2D eigenvalue weighted by atomic mass is 16.1. The molecule has 2 heterocycles. The fourth-order valence-electron chi connectivity index (χ4n) is 7.27. The van der Waals surface area contributed by atoms with Crippen LogP contribution < -0.4 is 10.9 Å². The van der Waals surface area contributed by atoms with Crippen molar-refractivity contribution in [3.8, 4) is 11.1 Å². The molecule has 3 aliphatic rings. The van der Waals surface area contributed by atoms with Crippen LogP contribution in [-0.2, 0) is 28.9 Å². The molecule has 230 valence electrons. The lowest BCUT2D eigenvalue weighted by atomic mass is 9.71. The van der Waals surface area contributed by atoms with Crippen molar-refractivity contribution in [2.24, 2.45) is 11.3 Å². The maximum absolute atomic E-state index is 13.8. The Kier molecular flexibility index (Phi) is 8.82. The zero-order chi connectivity index (χ0) is 30.8. The van der Waals surface area contributed by atoms with Gasteiger partial charge in [-0.15, -0.1) is 0 Å². The molecule has 0 radical (unpaired) electrons. The summed E-state index contributed by atoms with van der Waals surface area (Å²) in [5, 5.41) is 3.61. The third-order valence-electron chi connectivity index (χ3n) is 10.1. The van der Waals surface area contributed by atoms with Gasteiger partial charge in [0.25, 0.3) is 0 Å². The second kappa shape index (κ2) is 12.8. The minimum absolute atomic E-state index is 0.0530. The number of hydrogen-bond acceptors (Lipinski definition) is 5. The fraction of sp³-hybridized carbons (Fsp3) is 0.474. The summed E-state index contributed by atoms with van der Waals surface area (Å²) in [4.78, 5) is 45.1. The standard InChI is InChI=1S/C38H45N3O3/c1-38(2,3)31-12-13-34-29(19-31)17-28-18-30(20-35(28)41-34)36(43)21-26(15-16-39-32-5-4-6-33(42)22-32)24-7-9-25(10-8-24)27-11-14-37(44)40-23-27/h7-11,14,17-18,23,26,31-32,39H,4-6,12-13,15-16,19-22H2,1-3H3,(H,40,44)/t26-,31-,32?/m0/s1. The third kappa shape index (κ3) is 7.02. The predicted molar refractivity (Wildman–Crippen MR) is 176 cm³/mol. The maximum atomic E-state index is 13.8. The molecule has 44 heavy (non-hydrogen) atoms. The number of allylic oxidation sites excluding steroid dienone is 1. The van der Waals surface area contributed by atoms with Crippen LogP contribution in [0.5, 0.6) is 0 Å². The molecule has 6 nitrogen and oxygen atoms in total. The number of H-pyrrole nitrogens is 1. The molecule has 1 aromatic carbocycles. The number of rotatable bonds is 9. The Hall–Kier alpha value is -3.64. The summed E-state index contributed by atoms with van der Waals surface area (Å²) < 4.78 is 0. The molecular weight excluding hydrogens is 546 g/mol. The number of hydrogen-bond donors (Lipinski definition) is 2. The van der Waals surface area contributed by atoms with Crippen LogP contribution in [0.25, 0.3) is 17.2 Å². The molecule has 2 N–H and O–H groups in total. The third-order valence-corrected chi connectivity index (χ3v) is 10.1. The van der Waals surface area contributed by atoms with Crippen LogP contribution in [0.15, 0.2) is 59.0 Å². The molecule has 0 amide bonds. The Labute approximate surface area is 260 Å². The Morgan fingerprint density at radius 3 is 2.52 bits per heavy atom. The minimum Gasteiger partial charge on any atom is -0.328 e. The Morgan fingerprint density at radius 2 is 1.80 bits per heavy atom. The van der Waals surface area contributed by atoms with E-state index >= 15 is 0 Å². The SMILES string of the molecule is CC(C)(C)[C@H]1CCc2nc3c(cc2C1)C=C(C(=O)C[C@H](CCNC1CCCC(=O)C1)c1ccc(-c2ccc(=O)[nH]c2)cc1)C3. The van der Waals surface area contributed by atoms with E-state index < -0.39 is 0 Å². The average molecular weight is 592 g/mol. The smallest absolute Gasteiger partial charge is 0.247 e. The first-order valence-electron chi connectivity index (χ1n) is 16.4. The molecule has 1 fully saturated rings. The summed E-state index contributed by atoms with van der Waals surface area (Å²) in [6, 6.07) is 14.3. The van der Waals surface area contributed by atoms with Crippen LogP contribution in [0, 0.1) is 11.3 Å². The number of benzene rings is 1. The lowest BCUT2D eigenvalue weighted by molar-refractivity contribution is -0.120. The van der Waals surface area contributed by atoms with E-state index in [-0.39, 0.29) is 28.7 Å². The Balaban J connectivity index is 1.17. The monoisotopic (exact) mass is 591 g/mol. The number of nitrogens with zero attached hydrogens (tertiary/aromatic N) is 1. The van der Waals surface area contributed by atoms with E-state index in [9.17, 15) is 14.4 Å². The van der Waals surface area contributed by atoms with Gasteiger partial charge in [-0.05, 0) is 108 Å². The lowest BCUT2D eigenvalue weighted by Crippen LogP contribution is -2.35. The van der Waals surface area contributed by atoms with E-state index in [0.717, 1.165) is 72.2 Å². The van der Waals surface area contributed by atoms with Gasteiger partial charge in [-0.2, -0.15) is 0 Å². The van der Waals surface area contributed by atoms with Crippen LogP contribution in [0.2, 0.25) is 0 Å². The molecular formula is C38H45N3O3. The van der Waals surface area contributed by atoms with Crippen LogP contribution in [-0.4, -0.2) is 34.1 Å². The quantitative estimate of drug-likeness (QED) is 0.287. The van der Waals surface area contributed by atoms with Gasteiger partial charge in [-0.25, -0.2) is 0 Å². The normalized spacial score (nSPS) is 20.5. The van der Waals surface area contributed by atoms with E-state index in [1.54, 1.807) is 6.20 Å². The molecule has 1 saturated carbocycles. The van der Waals surface area contributed by atoms with E-state index in [1.165, 1.54) is 23.7 Å². The molecule has 3 aromatic rings. The second-order valence-electron chi connectivity index (χ2n) is 14.2.